The van der Waals surface area contributed by atoms with Gasteiger partial charge < -0.3 is 15.0 Å². The van der Waals surface area contributed by atoms with E-state index in [1.807, 2.05) is 36.4 Å². The highest BCUT2D eigenvalue weighted by Crippen LogP contribution is 2.26. The molecule has 1 N–H and O–H groups in total. The lowest BCUT2D eigenvalue weighted by molar-refractivity contribution is 0.0946. The van der Waals surface area contributed by atoms with E-state index in [2.05, 4.69) is 36.2 Å². The Balaban J connectivity index is 1.95. The van der Waals surface area contributed by atoms with E-state index in [4.69, 9.17) is 4.74 Å². The minimum atomic E-state index is -0.0868. The van der Waals surface area contributed by atoms with E-state index in [1.165, 1.54) is 4.90 Å². The van der Waals surface area contributed by atoms with Gasteiger partial charge in [-0.3, -0.25) is 4.79 Å². The molecule has 1 amide bonds. The third-order valence-corrected chi connectivity index (χ3v) is 5.35. The molecule has 0 saturated heterocycles. The molecule has 0 aliphatic heterocycles. The quantitative estimate of drug-likeness (QED) is 0.639. The average Bonchev–Trinajstić information content (AvgIpc) is 2.70. The van der Waals surface area contributed by atoms with E-state index in [0.29, 0.717) is 17.9 Å². The zero-order chi connectivity index (χ0) is 18.8. The second-order valence-corrected chi connectivity index (χ2v) is 6.97. The summed E-state index contributed by atoms with van der Waals surface area (Å²) in [5.74, 6) is 1.37. The van der Waals surface area contributed by atoms with Crippen molar-refractivity contribution in [3.63, 3.8) is 0 Å². The molecule has 0 aliphatic rings. The summed E-state index contributed by atoms with van der Waals surface area (Å²) in [4.78, 5) is 16.0. The van der Waals surface area contributed by atoms with Crippen LogP contribution in [0.3, 0.4) is 0 Å². The van der Waals surface area contributed by atoms with E-state index in [0.717, 1.165) is 31.0 Å². The van der Waals surface area contributed by atoms with Crippen LogP contribution in [0.5, 0.6) is 5.75 Å². The van der Waals surface area contributed by atoms with Gasteiger partial charge in [0, 0.05) is 23.7 Å². The van der Waals surface area contributed by atoms with E-state index in [-0.39, 0.29) is 5.91 Å². The summed E-state index contributed by atoms with van der Waals surface area (Å²) < 4.78 is 5.45. The Labute approximate surface area is 160 Å². The first-order chi connectivity index (χ1) is 12.7. The standard InChI is InChI=1S/C21H28N2O2S/c1-4-23(5-2)14-13-22-21(24)19-12-11-17(15-20(19)25-3)16-26-18-9-7-6-8-10-18/h6-12,15H,4-5,13-14,16H2,1-3H3,(H,22,24). The molecule has 26 heavy (non-hydrogen) atoms. The van der Waals surface area contributed by atoms with Crippen LogP contribution in [0, 0.1) is 0 Å². The first kappa shape index (κ1) is 20.3. The maximum absolute atomic E-state index is 12.5. The molecule has 5 heteroatoms. The van der Waals surface area contributed by atoms with Gasteiger partial charge in [-0.1, -0.05) is 38.1 Å². The Morgan fingerprint density at radius 2 is 1.85 bits per heavy atom. The van der Waals surface area contributed by atoms with Crippen molar-refractivity contribution in [3.8, 4) is 5.75 Å². The number of hydrogen-bond donors (Lipinski definition) is 1. The Bertz CT molecular complexity index is 688. The molecule has 0 saturated carbocycles. The third kappa shape index (κ3) is 6.07. The number of nitrogens with zero attached hydrogens (tertiary/aromatic N) is 1. The zero-order valence-electron chi connectivity index (χ0n) is 15.8. The smallest absolute Gasteiger partial charge is 0.255 e. The van der Waals surface area contributed by atoms with Gasteiger partial charge in [-0.15, -0.1) is 11.8 Å². The first-order valence-corrected chi connectivity index (χ1v) is 10.0. The van der Waals surface area contributed by atoms with Crippen molar-refractivity contribution < 1.29 is 9.53 Å². The molecule has 0 heterocycles. The molecule has 0 fully saturated rings. The lowest BCUT2D eigenvalue weighted by Crippen LogP contribution is -2.34. The van der Waals surface area contributed by atoms with Crippen LogP contribution in [-0.4, -0.2) is 44.1 Å². The molecule has 0 unspecified atom stereocenters. The van der Waals surface area contributed by atoms with Crippen LogP contribution in [0.15, 0.2) is 53.4 Å². The Morgan fingerprint density at radius 1 is 1.12 bits per heavy atom. The van der Waals surface area contributed by atoms with Crippen molar-refractivity contribution >= 4 is 17.7 Å². The molecule has 4 nitrogen and oxygen atoms in total. The van der Waals surface area contributed by atoms with Crippen molar-refractivity contribution in [1.29, 1.82) is 0 Å². The molecule has 0 atom stereocenters. The van der Waals surface area contributed by atoms with Crippen LogP contribution in [0.1, 0.15) is 29.8 Å². The third-order valence-electron chi connectivity index (χ3n) is 4.27. The Morgan fingerprint density at radius 3 is 2.50 bits per heavy atom. The van der Waals surface area contributed by atoms with E-state index >= 15 is 0 Å². The van der Waals surface area contributed by atoms with Crippen LogP contribution >= 0.6 is 11.8 Å². The van der Waals surface area contributed by atoms with Gasteiger partial charge in [-0.25, -0.2) is 0 Å². The predicted octanol–water partition coefficient (Wildman–Crippen LogP) is 4.06. The van der Waals surface area contributed by atoms with Crippen LogP contribution < -0.4 is 10.1 Å². The number of methoxy groups -OCH3 is 1. The summed E-state index contributed by atoms with van der Waals surface area (Å²) in [5, 5.41) is 2.98. The SMILES string of the molecule is CCN(CC)CCNC(=O)c1ccc(CSc2ccccc2)cc1OC. The van der Waals surface area contributed by atoms with Gasteiger partial charge in [-0.2, -0.15) is 0 Å². The number of ether oxygens (including phenoxy) is 1. The monoisotopic (exact) mass is 372 g/mol. The van der Waals surface area contributed by atoms with Crippen LogP contribution in [-0.2, 0) is 5.75 Å². The summed E-state index contributed by atoms with van der Waals surface area (Å²) in [6, 6.07) is 16.1. The van der Waals surface area contributed by atoms with E-state index in [1.54, 1.807) is 18.9 Å². The number of thioether (sulfide) groups is 1. The topological polar surface area (TPSA) is 41.6 Å². The number of likely N-dealkylation sites (N-methyl/N-ethyl adjacent to an activating group) is 1. The van der Waals surface area contributed by atoms with Gasteiger partial charge in [0.1, 0.15) is 5.75 Å². The van der Waals surface area contributed by atoms with Gasteiger partial charge in [0.25, 0.3) is 5.91 Å². The summed E-state index contributed by atoms with van der Waals surface area (Å²) in [6.45, 7) is 7.72. The summed E-state index contributed by atoms with van der Waals surface area (Å²) in [7, 11) is 1.61. The highest BCUT2D eigenvalue weighted by atomic mass is 32.2. The minimum Gasteiger partial charge on any atom is -0.496 e. The van der Waals surface area contributed by atoms with Crippen LogP contribution in [0.25, 0.3) is 0 Å². The molecule has 0 aromatic heterocycles. The van der Waals surface area contributed by atoms with Crippen LogP contribution in [0.4, 0.5) is 0 Å². The molecule has 2 aromatic carbocycles. The normalized spacial score (nSPS) is 10.8. The minimum absolute atomic E-state index is 0.0868. The van der Waals surface area contributed by atoms with Crippen molar-refractivity contribution in [2.24, 2.45) is 0 Å². The molecule has 0 aliphatic carbocycles. The maximum atomic E-state index is 12.5. The fourth-order valence-electron chi connectivity index (χ4n) is 2.66. The van der Waals surface area contributed by atoms with Gasteiger partial charge >= 0.3 is 0 Å². The number of carbonyl (C=O) groups excluding carboxylic acids is 1. The molecule has 2 rings (SSSR count). The van der Waals surface area contributed by atoms with E-state index < -0.39 is 0 Å². The molecule has 140 valence electrons. The lowest BCUT2D eigenvalue weighted by atomic mass is 10.1. The van der Waals surface area contributed by atoms with Crippen LogP contribution in [0.2, 0.25) is 0 Å². The number of benzene rings is 2. The number of hydrogen-bond acceptors (Lipinski definition) is 4. The molecule has 2 aromatic rings. The summed E-state index contributed by atoms with van der Waals surface area (Å²) >= 11 is 1.77. The summed E-state index contributed by atoms with van der Waals surface area (Å²) in [5.41, 5.74) is 1.72. The summed E-state index contributed by atoms with van der Waals surface area (Å²) in [6.07, 6.45) is 0. The van der Waals surface area contributed by atoms with Crippen molar-refractivity contribution in [2.75, 3.05) is 33.3 Å². The predicted molar refractivity (Wildman–Crippen MR) is 109 cm³/mol. The zero-order valence-corrected chi connectivity index (χ0v) is 16.6. The largest absolute Gasteiger partial charge is 0.496 e. The van der Waals surface area contributed by atoms with E-state index in [9.17, 15) is 4.79 Å². The van der Waals surface area contributed by atoms with Gasteiger partial charge in [-0.05, 0) is 42.9 Å². The Hall–Kier alpha value is -1.98. The number of rotatable bonds is 10. The average molecular weight is 373 g/mol. The van der Waals surface area contributed by atoms with Crippen molar-refractivity contribution in [1.82, 2.24) is 10.2 Å². The molecule has 0 radical (unpaired) electrons. The molecular weight excluding hydrogens is 344 g/mol. The lowest BCUT2D eigenvalue weighted by Gasteiger charge is -2.18. The number of carbonyl (C=O) groups is 1. The highest BCUT2D eigenvalue weighted by molar-refractivity contribution is 7.98. The van der Waals surface area contributed by atoms with Crippen molar-refractivity contribution in [3.05, 3.63) is 59.7 Å². The number of amides is 1. The number of nitrogens with one attached hydrogen (secondary N) is 1. The second-order valence-electron chi connectivity index (χ2n) is 5.92. The van der Waals surface area contributed by atoms with Gasteiger partial charge in [0.05, 0.1) is 12.7 Å². The van der Waals surface area contributed by atoms with Gasteiger partial charge in [0.2, 0.25) is 0 Å². The van der Waals surface area contributed by atoms with Crippen molar-refractivity contribution in [2.45, 2.75) is 24.5 Å². The Kier molecular flexibility index (Phi) is 8.51. The molecule has 0 bridgehead atoms. The fourth-order valence-corrected chi connectivity index (χ4v) is 3.52. The maximum Gasteiger partial charge on any atom is 0.255 e. The fraction of sp³-hybridized carbons (Fsp3) is 0.381. The van der Waals surface area contributed by atoms with Gasteiger partial charge in [0.15, 0.2) is 0 Å². The highest BCUT2D eigenvalue weighted by Gasteiger charge is 2.13. The molecular formula is C21H28N2O2S. The second kappa shape index (κ2) is 10.9. The first-order valence-electron chi connectivity index (χ1n) is 9.03. The molecule has 0 spiro atoms.